The first kappa shape index (κ1) is 26.6. The molecule has 0 spiro atoms. The lowest BCUT2D eigenvalue weighted by Crippen LogP contribution is -2.17. The highest BCUT2D eigenvalue weighted by molar-refractivity contribution is 5.91. The van der Waals surface area contributed by atoms with E-state index in [1.807, 2.05) is 55.5 Å². The maximum absolute atomic E-state index is 14.0. The highest BCUT2D eigenvalue weighted by Crippen LogP contribution is 2.33. The number of halogens is 1. The number of aryl methyl sites for hydroxylation is 1. The Hall–Kier alpha value is -4.46. The number of nitrogens with one attached hydrogen (secondary N) is 1. The molecule has 0 aliphatic rings. The smallest absolute Gasteiger partial charge is 0.412 e. The van der Waals surface area contributed by atoms with Gasteiger partial charge in [0.25, 0.3) is 0 Å². The van der Waals surface area contributed by atoms with E-state index >= 15 is 0 Å². The molecule has 1 N–H and O–H groups in total. The molecule has 196 valence electrons. The lowest BCUT2D eigenvalue weighted by Gasteiger charge is -2.15. The van der Waals surface area contributed by atoms with E-state index in [9.17, 15) is 14.0 Å². The first-order chi connectivity index (χ1) is 18.3. The zero-order valence-corrected chi connectivity index (χ0v) is 21.7. The minimum atomic E-state index is -0.786. The number of aromatic nitrogens is 1. The fourth-order valence-corrected chi connectivity index (χ4v) is 4.06. The van der Waals surface area contributed by atoms with Crippen molar-refractivity contribution in [3.63, 3.8) is 0 Å². The predicted molar refractivity (Wildman–Crippen MR) is 142 cm³/mol. The van der Waals surface area contributed by atoms with Crippen molar-refractivity contribution in [3.05, 3.63) is 95.4 Å². The molecule has 7 nitrogen and oxygen atoms in total. The van der Waals surface area contributed by atoms with Gasteiger partial charge >= 0.3 is 12.1 Å². The molecule has 1 heterocycles. The quantitative estimate of drug-likeness (QED) is 0.245. The molecule has 0 saturated carbocycles. The monoisotopic (exact) mass is 516 g/mol. The third-order valence-corrected chi connectivity index (χ3v) is 6.25. The Kier molecular flexibility index (Phi) is 8.21. The van der Waals surface area contributed by atoms with Crippen LogP contribution in [-0.4, -0.2) is 23.8 Å². The average Bonchev–Trinajstić information content (AvgIpc) is 3.28. The van der Waals surface area contributed by atoms with Crippen LogP contribution in [0.3, 0.4) is 0 Å². The van der Waals surface area contributed by atoms with Crippen LogP contribution in [0.5, 0.6) is 0 Å². The van der Waals surface area contributed by atoms with E-state index in [-0.39, 0.29) is 17.5 Å². The van der Waals surface area contributed by atoms with Gasteiger partial charge in [0.15, 0.2) is 5.76 Å². The van der Waals surface area contributed by atoms with Crippen LogP contribution < -0.4 is 5.32 Å². The number of hydrogen-bond acceptors (Lipinski definition) is 6. The molecule has 4 rings (SSSR count). The number of carbonyl (C=O) groups excluding carboxylic acids is 2. The topological polar surface area (TPSA) is 90.7 Å². The molecule has 0 fully saturated rings. The van der Waals surface area contributed by atoms with Crippen molar-refractivity contribution < 1.29 is 28.0 Å². The van der Waals surface area contributed by atoms with E-state index < -0.39 is 18.0 Å². The Morgan fingerprint density at radius 2 is 1.55 bits per heavy atom. The van der Waals surface area contributed by atoms with E-state index in [4.69, 9.17) is 14.0 Å². The van der Waals surface area contributed by atoms with Gasteiger partial charge in [-0.15, -0.1) is 0 Å². The molecule has 1 aromatic heterocycles. The van der Waals surface area contributed by atoms with Gasteiger partial charge in [0.05, 0.1) is 12.5 Å². The van der Waals surface area contributed by atoms with Gasteiger partial charge in [-0.3, -0.25) is 10.1 Å². The van der Waals surface area contributed by atoms with Gasteiger partial charge in [0.1, 0.15) is 23.3 Å². The number of esters is 1. The van der Waals surface area contributed by atoms with Crippen LogP contribution in [-0.2, 0) is 14.3 Å². The van der Waals surface area contributed by atoms with Gasteiger partial charge in [0, 0.05) is 11.1 Å². The largest absolute Gasteiger partial charge is 0.466 e. The zero-order valence-electron chi connectivity index (χ0n) is 21.7. The fraction of sp³-hybridized carbons (Fsp3) is 0.233. The van der Waals surface area contributed by atoms with Gasteiger partial charge in [-0.1, -0.05) is 71.9 Å². The summed E-state index contributed by atoms with van der Waals surface area (Å²) in [6.07, 6.45) is -1.53. The van der Waals surface area contributed by atoms with Crippen molar-refractivity contribution in [2.75, 3.05) is 11.9 Å². The van der Waals surface area contributed by atoms with Gasteiger partial charge in [0.2, 0.25) is 0 Å². The third-order valence-electron chi connectivity index (χ3n) is 6.25. The number of benzene rings is 3. The second-order valence-electron chi connectivity index (χ2n) is 8.84. The molecular formula is C30H29FN2O5. The lowest BCUT2D eigenvalue weighted by molar-refractivity contribution is -0.144. The summed E-state index contributed by atoms with van der Waals surface area (Å²) < 4.78 is 30.0. The molecule has 0 bridgehead atoms. The maximum atomic E-state index is 14.0. The first-order valence-corrected chi connectivity index (χ1v) is 12.3. The maximum Gasteiger partial charge on any atom is 0.412 e. The van der Waals surface area contributed by atoms with Crippen molar-refractivity contribution >= 4 is 17.7 Å². The Bertz CT molecular complexity index is 1410. The molecule has 0 saturated heterocycles. The van der Waals surface area contributed by atoms with E-state index in [1.54, 1.807) is 39.0 Å². The number of rotatable bonds is 8. The highest BCUT2D eigenvalue weighted by atomic mass is 19.1. The molecule has 1 unspecified atom stereocenters. The zero-order chi connectivity index (χ0) is 27.2. The van der Waals surface area contributed by atoms with Gasteiger partial charge < -0.3 is 14.0 Å². The summed E-state index contributed by atoms with van der Waals surface area (Å²) in [5.74, 6) is -0.656. The van der Waals surface area contributed by atoms with Crippen LogP contribution in [0.1, 0.15) is 49.6 Å². The average molecular weight is 517 g/mol. The normalized spacial score (nSPS) is 12.4. The van der Waals surface area contributed by atoms with Crippen molar-refractivity contribution in [1.29, 1.82) is 0 Å². The van der Waals surface area contributed by atoms with Crippen LogP contribution in [0.15, 0.2) is 77.3 Å². The van der Waals surface area contributed by atoms with Crippen molar-refractivity contribution in [1.82, 2.24) is 5.16 Å². The number of carbonyl (C=O) groups is 2. The van der Waals surface area contributed by atoms with Crippen LogP contribution >= 0.6 is 0 Å². The molecule has 4 aromatic rings. The van der Waals surface area contributed by atoms with Crippen LogP contribution in [0.25, 0.3) is 22.5 Å². The summed E-state index contributed by atoms with van der Waals surface area (Å²) in [6.45, 7) is 7.27. The Morgan fingerprint density at radius 3 is 2.18 bits per heavy atom. The van der Waals surface area contributed by atoms with Crippen molar-refractivity contribution in [2.24, 2.45) is 0 Å². The van der Waals surface area contributed by atoms with Gasteiger partial charge in [-0.05, 0) is 50.5 Å². The molecule has 8 heteroatoms. The first-order valence-electron chi connectivity index (χ1n) is 12.3. The minimum Gasteiger partial charge on any atom is -0.466 e. The van der Waals surface area contributed by atoms with Crippen LogP contribution in [0.4, 0.5) is 14.9 Å². The molecule has 0 radical (unpaired) electrons. The van der Waals surface area contributed by atoms with E-state index in [1.165, 1.54) is 6.07 Å². The van der Waals surface area contributed by atoms with Gasteiger partial charge in [-0.2, -0.15) is 0 Å². The fourth-order valence-electron chi connectivity index (χ4n) is 4.06. The van der Waals surface area contributed by atoms with Crippen molar-refractivity contribution in [3.8, 4) is 22.5 Å². The second kappa shape index (κ2) is 11.7. The summed E-state index contributed by atoms with van der Waals surface area (Å²) in [7, 11) is 0. The van der Waals surface area contributed by atoms with Crippen LogP contribution in [0.2, 0.25) is 0 Å². The second-order valence-corrected chi connectivity index (χ2v) is 8.84. The Balaban J connectivity index is 1.47. The minimum absolute atomic E-state index is 0.248. The molecule has 0 aliphatic heterocycles. The Morgan fingerprint density at radius 1 is 0.947 bits per heavy atom. The van der Waals surface area contributed by atoms with Crippen LogP contribution in [0, 0.1) is 12.7 Å². The molecule has 2 atom stereocenters. The van der Waals surface area contributed by atoms with Crippen molar-refractivity contribution in [2.45, 2.75) is 39.7 Å². The Labute approximate surface area is 220 Å². The number of amides is 1. The number of ether oxygens (including phenoxy) is 2. The molecule has 3 aromatic carbocycles. The summed E-state index contributed by atoms with van der Waals surface area (Å²) in [5.41, 5.74) is 4.67. The number of anilines is 1. The van der Waals surface area contributed by atoms with Gasteiger partial charge in [-0.25, -0.2) is 9.18 Å². The SMILES string of the molecule is CCOC(=O)C(C)c1ccc(-c2ccc(-c3onc(C)c3NC(=O)O[C@H](C)c3ccccc3F)cc2)cc1. The summed E-state index contributed by atoms with van der Waals surface area (Å²) in [6, 6.07) is 21.5. The van der Waals surface area contributed by atoms with E-state index in [0.29, 0.717) is 29.3 Å². The third kappa shape index (κ3) is 5.91. The van der Waals surface area contributed by atoms with E-state index in [2.05, 4.69) is 10.5 Å². The highest BCUT2D eigenvalue weighted by Gasteiger charge is 2.21. The summed E-state index contributed by atoms with van der Waals surface area (Å²) in [4.78, 5) is 24.6. The molecular weight excluding hydrogens is 487 g/mol. The standard InChI is InChI=1S/C30H29FN2O5/c1-5-36-29(34)18(2)21-10-12-22(13-11-21)23-14-16-24(17-15-23)28-27(19(3)33-38-28)32-30(35)37-20(4)25-8-6-7-9-26(25)31/h6-18,20H,5H2,1-4H3,(H,32,35)/t18?,20-/m1/s1. The summed E-state index contributed by atoms with van der Waals surface area (Å²) in [5, 5.41) is 6.67. The predicted octanol–water partition coefficient (Wildman–Crippen LogP) is 7.43. The molecule has 38 heavy (non-hydrogen) atoms. The molecule has 1 amide bonds. The summed E-state index contributed by atoms with van der Waals surface area (Å²) >= 11 is 0. The van der Waals surface area contributed by atoms with E-state index in [0.717, 1.165) is 16.7 Å². The lowest BCUT2D eigenvalue weighted by atomic mass is 9.97. The number of hydrogen-bond donors (Lipinski definition) is 1. The number of nitrogens with zero attached hydrogens (tertiary/aromatic N) is 1. The molecule has 0 aliphatic carbocycles.